The number of benzene rings is 2. The summed E-state index contributed by atoms with van der Waals surface area (Å²) < 4.78 is 33.1. The van der Waals surface area contributed by atoms with Gasteiger partial charge in [-0.25, -0.2) is 4.79 Å². The Morgan fingerprint density at radius 2 is 1.52 bits per heavy atom. The standard InChI is InChI=1S/C19H17NO6S/c1-2-17(21)25-13-14-27(23,24)26-20-18(15-9-5-3-6-10-15)19(22)16-11-7-4-8-12-16/h2-12H,1,13-14H2. The van der Waals surface area contributed by atoms with E-state index in [1.165, 1.54) is 0 Å². The topological polar surface area (TPSA) is 99.1 Å². The number of hydrogen-bond donors (Lipinski definition) is 0. The molecule has 0 saturated carbocycles. The molecule has 27 heavy (non-hydrogen) atoms. The zero-order valence-corrected chi connectivity index (χ0v) is 15.1. The molecule has 0 unspecified atom stereocenters. The molecule has 2 rings (SSSR count). The second-order valence-corrected chi connectivity index (χ2v) is 6.88. The minimum atomic E-state index is -4.16. The summed E-state index contributed by atoms with van der Waals surface area (Å²) in [6.07, 6.45) is 0.914. The zero-order chi connectivity index (χ0) is 19.7. The Balaban J connectivity index is 2.22. The minimum Gasteiger partial charge on any atom is -0.461 e. The molecular weight excluding hydrogens is 370 g/mol. The van der Waals surface area contributed by atoms with Gasteiger partial charge in [0.25, 0.3) is 0 Å². The smallest absolute Gasteiger partial charge is 0.331 e. The van der Waals surface area contributed by atoms with Crippen molar-refractivity contribution in [1.29, 1.82) is 0 Å². The van der Waals surface area contributed by atoms with Crippen LogP contribution < -0.4 is 0 Å². The quantitative estimate of drug-likeness (QED) is 0.215. The molecule has 0 fully saturated rings. The van der Waals surface area contributed by atoms with Crippen LogP contribution in [0.4, 0.5) is 0 Å². The number of oxime groups is 1. The molecule has 8 heteroatoms. The molecule has 2 aromatic carbocycles. The van der Waals surface area contributed by atoms with Gasteiger partial charge >= 0.3 is 16.1 Å². The number of carbonyl (C=O) groups is 2. The summed E-state index contributed by atoms with van der Waals surface area (Å²) in [7, 11) is -4.16. The van der Waals surface area contributed by atoms with E-state index in [4.69, 9.17) is 0 Å². The second kappa shape index (κ2) is 9.44. The summed E-state index contributed by atoms with van der Waals surface area (Å²) in [4.78, 5) is 23.7. The van der Waals surface area contributed by atoms with Crippen LogP contribution in [0.5, 0.6) is 0 Å². The number of nitrogens with zero attached hydrogens (tertiary/aromatic N) is 1. The molecular formula is C19H17NO6S. The molecule has 0 spiro atoms. The van der Waals surface area contributed by atoms with E-state index >= 15 is 0 Å². The Morgan fingerprint density at radius 1 is 0.963 bits per heavy atom. The van der Waals surface area contributed by atoms with E-state index in [1.54, 1.807) is 60.7 Å². The third kappa shape index (κ3) is 6.19. The zero-order valence-electron chi connectivity index (χ0n) is 14.3. The molecule has 0 aromatic heterocycles. The van der Waals surface area contributed by atoms with Gasteiger partial charge in [-0.2, -0.15) is 8.42 Å². The van der Waals surface area contributed by atoms with Gasteiger partial charge in [0.2, 0.25) is 5.78 Å². The van der Waals surface area contributed by atoms with Gasteiger partial charge in [-0.15, -0.1) is 0 Å². The third-order valence-corrected chi connectivity index (χ3v) is 4.25. The lowest BCUT2D eigenvalue weighted by Crippen LogP contribution is -2.19. The molecule has 140 valence electrons. The van der Waals surface area contributed by atoms with E-state index in [-0.39, 0.29) is 5.71 Å². The van der Waals surface area contributed by atoms with Crippen molar-refractivity contribution in [2.24, 2.45) is 5.16 Å². The number of ether oxygens (including phenoxy) is 1. The van der Waals surface area contributed by atoms with Crippen molar-refractivity contribution in [3.05, 3.63) is 84.4 Å². The molecule has 0 aliphatic carbocycles. The Hall–Kier alpha value is -3.26. The first-order valence-corrected chi connectivity index (χ1v) is 9.44. The van der Waals surface area contributed by atoms with E-state index in [0.717, 1.165) is 6.08 Å². The van der Waals surface area contributed by atoms with E-state index in [9.17, 15) is 18.0 Å². The van der Waals surface area contributed by atoms with Crippen molar-refractivity contribution >= 4 is 27.6 Å². The molecule has 0 aliphatic rings. The fourth-order valence-electron chi connectivity index (χ4n) is 1.98. The molecule has 0 aliphatic heterocycles. The molecule has 7 nitrogen and oxygen atoms in total. The molecule has 2 aromatic rings. The van der Waals surface area contributed by atoms with E-state index in [0.29, 0.717) is 11.1 Å². The SMILES string of the molecule is C=CC(=O)OCCS(=O)(=O)ON=C(C(=O)c1ccccc1)c1ccccc1. The van der Waals surface area contributed by atoms with Crippen LogP contribution in [-0.2, 0) is 23.9 Å². The van der Waals surface area contributed by atoms with Crippen LogP contribution in [0.15, 0.2) is 78.5 Å². The van der Waals surface area contributed by atoms with Crippen molar-refractivity contribution in [3.8, 4) is 0 Å². The summed E-state index contributed by atoms with van der Waals surface area (Å²) in [5, 5.41) is 3.58. The van der Waals surface area contributed by atoms with Crippen LogP contribution in [0.2, 0.25) is 0 Å². The first kappa shape index (κ1) is 20.1. The molecule has 0 heterocycles. The van der Waals surface area contributed by atoms with Gasteiger partial charge in [-0.3, -0.25) is 9.08 Å². The minimum absolute atomic E-state index is 0.159. The summed E-state index contributed by atoms with van der Waals surface area (Å²) in [6, 6.07) is 16.6. The second-order valence-electron chi connectivity index (χ2n) is 5.21. The van der Waals surface area contributed by atoms with Crippen molar-refractivity contribution in [2.75, 3.05) is 12.4 Å². The summed E-state index contributed by atoms with van der Waals surface area (Å²) >= 11 is 0. The van der Waals surface area contributed by atoms with Crippen LogP contribution >= 0.6 is 0 Å². The van der Waals surface area contributed by atoms with Crippen LogP contribution in [0.1, 0.15) is 15.9 Å². The Bertz CT molecular complexity index is 937. The van der Waals surface area contributed by atoms with Gasteiger partial charge in [0.05, 0.1) is 0 Å². The van der Waals surface area contributed by atoms with E-state index in [2.05, 4.69) is 20.8 Å². The molecule has 0 radical (unpaired) electrons. The first-order chi connectivity index (χ1) is 12.9. The lowest BCUT2D eigenvalue weighted by molar-refractivity contribution is -0.137. The predicted octanol–water partition coefficient (Wildman–Crippen LogP) is 2.35. The average Bonchev–Trinajstić information content (AvgIpc) is 2.69. The normalized spacial score (nSPS) is 11.5. The number of carbonyl (C=O) groups excluding carboxylic acids is 2. The number of rotatable bonds is 9. The maximum Gasteiger partial charge on any atom is 0.331 e. The monoisotopic (exact) mass is 387 g/mol. The highest BCUT2D eigenvalue weighted by Gasteiger charge is 2.20. The number of esters is 1. The highest BCUT2D eigenvalue weighted by atomic mass is 32.2. The lowest BCUT2D eigenvalue weighted by atomic mass is 10.0. The summed E-state index contributed by atoms with van der Waals surface area (Å²) in [5.41, 5.74) is 0.578. The van der Waals surface area contributed by atoms with Gasteiger partial charge in [-0.05, 0) is 0 Å². The number of Topliss-reactive ketones (excluding diaryl/α,β-unsaturated/α-hetero) is 1. The van der Waals surface area contributed by atoms with E-state index < -0.39 is 34.2 Å². The van der Waals surface area contributed by atoms with Crippen LogP contribution in [0.25, 0.3) is 0 Å². The number of hydrogen-bond acceptors (Lipinski definition) is 7. The first-order valence-electron chi connectivity index (χ1n) is 7.86. The van der Waals surface area contributed by atoms with Crippen molar-refractivity contribution in [3.63, 3.8) is 0 Å². The molecule has 0 N–H and O–H groups in total. The van der Waals surface area contributed by atoms with Gasteiger partial charge in [-0.1, -0.05) is 72.4 Å². The van der Waals surface area contributed by atoms with Crippen molar-refractivity contribution in [1.82, 2.24) is 0 Å². The summed E-state index contributed by atoms with van der Waals surface area (Å²) in [6.45, 7) is 2.78. The fraction of sp³-hybridized carbons (Fsp3) is 0.105. The lowest BCUT2D eigenvalue weighted by Gasteiger charge is -2.07. The molecule has 0 amide bonds. The van der Waals surface area contributed by atoms with Gasteiger partial charge in [0.15, 0.2) is 5.71 Å². The van der Waals surface area contributed by atoms with Crippen LogP contribution in [0.3, 0.4) is 0 Å². The molecule has 0 bridgehead atoms. The highest BCUT2D eigenvalue weighted by molar-refractivity contribution is 7.86. The van der Waals surface area contributed by atoms with Crippen molar-refractivity contribution < 1.29 is 27.0 Å². The van der Waals surface area contributed by atoms with Gasteiger partial charge < -0.3 is 4.74 Å². The van der Waals surface area contributed by atoms with Crippen molar-refractivity contribution in [2.45, 2.75) is 0 Å². The Kier molecular flexibility index (Phi) is 7.01. The Labute approximate surface area is 157 Å². The van der Waals surface area contributed by atoms with Crippen LogP contribution in [-0.4, -0.2) is 38.2 Å². The predicted molar refractivity (Wildman–Crippen MR) is 99.8 cm³/mol. The largest absolute Gasteiger partial charge is 0.461 e. The Morgan fingerprint density at radius 3 is 2.07 bits per heavy atom. The maximum atomic E-state index is 12.7. The molecule has 0 saturated heterocycles. The average molecular weight is 387 g/mol. The molecule has 0 atom stereocenters. The van der Waals surface area contributed by atoms with Crippen LogP contribution in [0, 0.1) is 0 Å². The highest BCUT2D eigenvalue weighted by Crippen LogP contribution is 2.10. The van der Waals surface area contributed by atoms with Gasteiger partial charge in [0, 0.05) is 17.2 Å². The third-order valence-electron chi connectivity index (χ3n) is 3.28. The summed E-state index contributed by atoms with van der Waals surface area (Å²) in [5.74, 6) is -1.86. The number of ketones is 1. The maximum absolute atomic E-state index is 12.7. The fourth-order valence-corrected chi connectivity index (χ4v) is 2.53. The van der Waals surface area contributed by atoms with E-state index in [1.807, 2.05) is 0 Å². The van der Waals surface area contributed by atoms with Gasteiger partial charge in [0.1, 0.15) is 12.4 Å².